The first-order valence-corrected chi connectivity index (χ1v) is 11.6. The minimum Gasteiger partial charge on any atom is -0.356 e. The van der Waals surface area contributed by atoms with Gasteiger partial charge in [-0.25, -0.2) is 9.97 Å². The highest BCUT2D eigenvalue weighted by molar-refractivity contribution is 14.0. The van der Waals surface area contributed by atoms with Gasteiger partial charge in [-0.3, -0.25) is 9.89 Å². The SMILES string of the molecule is CCN(CC)CCCC(C)NC(=NC)NCCCN1CCN(c2ncccn2)CC1.I. The Morgan fingerprint density at radius 1 is 1.13 bits per heavy atom. The van der Waals surface area contributed by atoms with Gasteiger partial charge in [-0.15, -0.1) is 24.0 Å². The zero-order chi connectivity index (χ0) is 21.6. The molecule has 1 unspecified atom stereocenters. The van der Waals surface area contributed by atoms with Crippen LogP contribution < -0.4 is 15.5 Å². The van der Waals surface area contributed by atoms with E-state index in [0.717, 1.165) is 77.1 Å². The highest BCUT2D eigenvalue weighted by Crippen LogP contribution is 2.09. The van der Waals surface area contributed by atoms with Gasteiger partial charge in [0, 0.05) is 58.2 Å². The second-order valence-electron chi connectivity index (χ2n) is 7.94. The molecule has 1 fully saturated rings. The van der Waals surface area contributed by atoms with Gasteiger partial charge in [0.2, 0.25) is 5.95 Å². The molecular weight excluding hydrogens is 503 g/mol. The van der Waals surface area contributed by atoms with Gasteiger partial charge in [-0.2, -0.15) is 0 Å². The van der Waals surface area contributed by atoms with Crippen LogP contribution in [-0.2, 0) is 0 Å². The van der Waals surface area contributed by atoms with Crippen molar-refractivity contribution in [2.24, 2.45) is 4.99 Å². The van der Waals surface area contributed by atoms with Gasteiger partial charge < -0.3 is 20.4 Å². The van der Waals surface area contributed by atoms with Crippen LogP contribution >= 0.6 is 24.0 Å². The number of nitrogens with zero attached hydrogens (tertiary/aromatic N) is 6. The minimum absolute atomic E-state index is 0. The van der Waals surface area contributed by atoms with Crippen molar-refractivity contribution in [3.05, 3.63) is 18.5 Å². The lowest BCUT2D eigenvalue weighted by atomic mass is 10.2. The maximum absolute atomic E-state index is 4.38. The van der Waals surface area contributed by atoms with E-state index in [4.69, 9.17) is 0 Å². The molecule has 0 spiro atoms. The molecule has 0 radical (unpaired) electrons. The van der Waals surface area contributed by atoms with Gasteiger partial charge in [0.05, 0.1) is 0 Å². The summed E-state index contributed by atoms with van der Waals surface area (Å²) < 4.78 is 0. The topological polar surface area (TPSA) is 71.9 Å². The van der Waals surface area contributed by atoms with Crippen LogP contribution in [0, 0.1) is 0 Å². The third-order valence-corrected chi connectivity index (χ3v) is 5.76. The van der Waals surface area contributed by atoms with Crippen molar-refractivity contribution >= 4 is 35.9 Å². The molecule has 2 N–H and O–H groups in total. The summed E-state index contributed by atoms with van der Waals surface area (Å²) >= 11 is 0. The number of piperazine rings is 1. The monoisotopic (exact) mass is 546 g/mol. The molecule has 1 aliphatic heterocycles. The van der Waals surface area contributed by atoms with Crippen LogP contribution in [0.1, 0.15) is 40.0 Å². The van der Waals surface area contributed by atoms with Crippen molar-refractivity contribution in [1.29, 1.82) is 0 Å². The molecule has 0 saturated carbocycles. The molecule has 2 heterocycles. The highest BCUT2D eigenvalue weighted by atomic mass is 127. The van der Waals surface area contributed by atoms with E-state index in [9.17, 15) is 0 Å². The Hall–Kier alpha value is -1.20. The van der Waals surface area contributed by atoms with E-state index in [0.29, 0.717) is 6.04 Å². The second-order valence-corrected chi connectivity index (χ2v) is 7.94. The molecule has 1 aromatic heterocycles. The van der Waals surface area contributed by atoms with Crippen LogP contribution in [0.15, 0.2) is 23.5 Å². The minimum atomic E-state index is 0. The molecule has 0 aliphatic carbocycles. The van der Waals surface area contributed by atoms with Crippen molar-refractivity contribution in [2.75, 3.05) is 70.9 Å². The van der Waals surface area contributed by atoms with Crippen molar-refractivity contribution in [3.8, 4) is 0 Å². The van der Waals surface area contributed by atoms with E-state index in [2.05, 4.69) is 61.1 Å². The van der Waals surface area contributed by atoms with Gasteiger partial charge in [0.25, 0.3) is 0 Å². The molecule has 0 bridgehead atoms. The number of guanidine groups is 1. The van der Waals surface area contributed by atoms with Crippen LogP contribution in [0.25, 0.3) is 0 Å². The number of halogens is 1. The summed E-state index contributed by atoms with van der Waals surface area (Å²) in [6, 6.07) is 2.29. The van der Waals surface area contributed by atoms with Gasteiger partial charge in [-0.1, -0.05) is 13.8 Å². The van der Waals surface area contributed by atoms with Crippen molar-refractivity contribution < 1.29 is 0 Å². The maximum Gasteiger partial charge on any atom is 0.225 e. The quantitative estimate of drug-likeness (QED) is 0.181. The van der Waals surface area contributed by atoms with Crippen LogP contribution in [0.5, 0.6) is 0 Å². The summed E-state index contributed by atoms with van der Waals surface area (Å²) in [6.07, 6.45) is 7.11. The Morgan fingerprint density at radius 2 is 1.81 bits per heavy atom. The molecule has 1 aromatic rings. The number of aliphatic imine (C=N–C) groups is 1. The molecule has 2 rings (SSSR count). The van der Waals surface area contributed by atoms with Crippen LogP contribution in [0.4, 0.5) is 5.95 Å². The Bertz CT molecular complexity index is 588. The van der Waals surface area contributed by atoms with E-state index < -0.39 is 0 Å². The first-order chi connectivity index (χ1) is 14.7. The number of rotatable bonds is 12. The first-order valence-electron chi connectivity index (χ1n) is 11.6. The van der Waals surface area contributed by atoms with Crippen molar-refractivity contribution in [2.45, 2.75) is 46.1 Å². The van der Waals surface area contributed by atoms with E-state index in [1.165, 1.54) is 13.0 Å². The van der Waals surface area contributed by atoms with Gasteiger partial charge in [0.1, 0.15) is 0 Å². The average molecular weight is 547 g/mol. The fourth-order valence-electron chi connectivity index (χ4n) is 3.80. The third-order valence-electron chi connectivity index (χ3n) is 5.76. The van der Waals surface area contributed by atoms with E-state index in [-0.39, 0.29) is 24.0 Å². The summed E-state index contributed by atoms with van der Waals surface area (Å²) in [5.74, 6) is 1.76. The maximum atomic E-state index is 4.38. The van der Waals surface area contributed by atoms with Gasteiger partial charge in [0.15, 0.2) is 5.96 Å². The van der Waals surface area contributed by atoms with E-state index >= 15 is 0 Å². The molecule has 9 heteroatoms. The van der Waals surface area contributed by atoms with E-state index in [1.54, 1.807) is 0 Å². The molecule has 1 saturated heterocycles. The lowest BCUT2D eigenvalue weighted by Crippen LogP contribution is -2.48. The molecule has 1 aliphatic rings. The summed E-state index contributed by atoms with van der Waals surface area (Å²) in [5, 5.41) is 6.99. The number of aromatic nitrogens is 2. The molecule has 178 valence electrons. The van der Waals surface area contributed by atoms with E-state index in [1.807, 2.05) is 25.5 Å². The first kappa shape index (κ1) is 27.8. The Balaban J connectivity index is 0.00000480. The molecular formula is C22H43IN8. The lowest BCUT2D eigenvalue weighted by molar-refractivity contribution is 0.254. The summed E-state index contributed by atoms with van der Waals surface area (Å²) in [5.41, 5.74) is 0. The predicted molar refractivity (Wildman–Crippen MR) is 142 cm³/mol. The third kappa shape index (κ3) is 10.8. The number of anilines is 1. The summed E-state index contributed by atoms with van der Waals surface area (Å²) in [4.78, 5) is 20.4. The Labute approximate surface area is 206 Å². The number of hydrogen-bond acceptors (Lipinski definition) is 6. The lowest BCUT2D eigenvalue weighted by Gasteiger charge is -2.34. The fraction of sp³-hybridized carbons (Fsp3) is 0.773. The van der Waals surface area contributed by atoms with Crippen LogP contribution in [-0.4, -0.2) is 97.7 Å². The Kier molecular flexibility index (Phi) is 14.8. The zero-order valence-corrected chi connectivity index (χ0v) is 22.2. The molecule has 1 atom stereocenters. The second kappa shape index (κ2) is 16.4. The van der Waals surface area contributed by atoms with Crippen molar-refractivity contribution in [3.63, 3.8) is 0 Å². The zero-order valence-electron chi connectivity index (χ0n) is 19.9. The predicted octanol–water partition coefficient (Wildman–Crippen LogP) is 2.28. The molecule has 8 nitrogen and oxygen atoms in total. The van der Waals surface area contributed by atoms with Crippen LogP contribution in [0.2, 0.25) is 0 Å². The standard InChI is InChI=1S/C22H42N8.HI/c1-5-28(6-2)14-7-10-20(3)27-21(23-4)24-13-9-15-29-16-18-30(19-17-29)22-25-11-8-12-26-22;/h8,11-12,20H,5-7,9-10,13-19H2,1-4H3,(H2,23,24,27);1H. The smallest absolute Gasteiger partial charge is 0.225 e. The Morgan fingerprint density at radius 3 is 2.42 bits per heavy atom. The molecule has 31 heavy (non-hydrogen) atoms. The summed E-state index contributed by atoms with van der Waals surface area (Å²) in [6.45, 7) is 16.3. The normalized spacial score (nSPS) is 16.2. The van der Waals surface area contributed by atoms with Gasteiger partial charge >= 0.3 is 0 Å². The highest BCUT2D eigenvalue weighted by Gasteiger charge is 2.18. The van der Waals surface area contributed by atoms with Crippen molar-refractivity contribution in [1.82, 2.24) is 30.4 Å². The average Bonchev–Trinajstić information content (AvgIpc) is 2.79. The number of nitrogens with one attached hydrogen (secondary N) is 2. The number of hydrogen-bond donors (Lipinski definition) is 2. The molecule has 0 amide bonds. The van der Waals surface area contributed by atoms with Gasteiger partial charge in [-0.05, 0) is 58.4 Å². The largest absolute Gasteiger partial charge is 0.356 e. The fourth-order valence-corrected chi connectivity index (χ4v) is 3.80. The van der Waals surface area contributed by atoms with Crippen LogP contribution in [0.3, 0.4) is 0 Å². The molecule has 0 aromatic carbocycles. The summed E-state index contributed by atoms with van der Waals surface area (Å²) in [7, 11) is 1.85.